The van der Waals surface area contributed by atoms with Gasteiger partial charge in [0.05, 0.1) is 18.3 Å². The number of hydrogen-bond acceptors (Lipinski definition) is 6. The highest BCUT2D eigenvalue weighted by Crippen LogP contribution is 2.36. The van der Waals surface area contributed by atoms with Crippen LogP contribution in [0.1, 0.15) is 64.7 Å². The summed E-state index contributed by atoms with van der Waals surface area (Å²) in [6, 6.07) is 0. The molecule has 0 aromatic rings. The molecule has 1 aliphatic carbocycles. The fraction of sp³-hybridized carbons (Fsp3) is 0.762. The highest BCUT2D eigenvalue weighted by atomic mass is 32.2. The smallest absolute Gasteiger partial charge is 0.393 e. The zero-order valence-electron chi connectivity index (χ0n) is 18.2. The van der Waals surface area contributed by atoms with Crippen molar-refractivity contribution < 1.29 is 41.7 Å². The van der Waals surface area contributed by atoms with Crippen molar-refractivity contribution in [2.75, 3.05) is 0 Å². The second kappa shape index (κ2) is 13.3. The summed E-state index contributed by atoms with van der Waals surface area (Å²) in [5.41, 5.74) is -5.54. The normalized spacial score (nSPS) is 25.6. The third-order valence-electron chi connectivity index (χ3n) is 5.48. The van der Waals surface area contributed by atoms with Crippen molar-refractivity contribution in [3.8, 4) is 0 Å². The van der Waals surface area contributed by atoms with Gasteiger partial charge in [-0.05, 0) is 31.6 Å². The van der Waals surface area contributed by atoms with Gasteiger partial charge < -0.3 is 15.3 Å². The number of unbranched alkanes of at least 4 members (excludes halogenated alkanes) is 3. The molecule has 0 saturated heterocycles. The van der Waals surface area contributed by atoms with E-state index >= 15 is 0 Å². The summed E-state index contributed by atoms with van der Waals surface area (Å²) < 4.78 is 59.4. The molecule has 5 atom stereocenters. The van der Waals surface area contributed by atoms with E-state index in [9.17, 15) is 41.7 Å². The third-order valence-corrected chi connectivity index (χ3v) is 6.58. The van der Waals surface area contributed by atoms with Crippen LogP contribution in [0.2, 0.25) is 0 Å². The number of rotatable bonds is 13. The number of aliphatic hydroxyl groups excluding tert-OH is 3. The molecular weight excluding hydrogens is 451 g/mol. The lowest BCUT2D eigenvalue weighted by molar-refractivity contribution is -0.120. The molecule has 1 saturated carbocycles. The maximum atomic E-state index is 12.2. The molecule has 1 rings (SSSR count). The number of allylic oxidation sites excluding steroid dienone is 2. The van der Waals surface area contributed by atoms with Gasteiger partial charge >= 0.3 is 15.5 Å². The summed E-state index contributed by atoms with van der Waals surface area (Å²) in [5.74, 6) is -1.79. The maximum absolute atomic E-state index is 12.2. The molecule has 0 aromatic carbocycles. The maximum Gasteiger partial charge on any atom is 0.516 e. The van der Waals surface area contributed by atoms with Crippen LogP contribution in [0.15, 0.2) is 24.3 Å². The highest BCUT2D eigenvalue weighted by molar-refractivity contribution is 7.90. The second-order valence-electron chi connectivity index (χ2n) is 8.13. The molecule has 1 amide bonds. The molecule has 0 spiro atoms. The van der Waals surface area contributed by atoms with Crippen LogP contribution in [0.4, 0.5) is 13.2 Å². The molecule has 1 unspecified atom stereocenters. The number of amides is 1. The van der Waals surface area contributed by atoms with Crippen LogP contribution in [0.3, 0.4) is 0 Å². The van der Waals surface area contributed by atoms with E-state index in [-0.39, 0.29) is 31.1 Å². The van der Waals surface area contributed by atoms with Crippen LogP contribution in [-0.2, 0) is 14.8 Å². The number of halogens is 3. The van der Waals surface area contributed by atoms with Crippen LogP contribution in [0.5, 0.6) is 0 Å². The van der Waals surface area contributed by atoms with Gasteiger partial charge in [-0.3, -0.25) is 4.79 Å². The first kappa shape index (κ1) is 28.6. The lowest BCUT2D eigenvalue weighted by Crippen LogP contribution is -2.40. The van der Waals surface area contributed by atoms with E-state index in [1.807, 2.05) is 0 Å². The zero-order chi connectivity index (χ0) is 24.4. The van der Waals surface area contributed by atoms with Crippen LogP contribution in [0, 0.1) is 11.8 Å². The quantitative estimate of drug-likeness (QED) is 0.235. The topological polar surface area (TPSA) is 124 Å². The first-order valence-electron chi connectivity index (χ1n) is 10.9. The number of carbonyl (C=O) groups excluding carboxylic acids is 1. The number of aliphatic hydroxyl groups is 3. The monoisotopic (exact) mass is 485 g/mol. The van der Waals surface area contributed by atoms with E-state index < -0.39 is 39.8 Å². The van der Waals surface area contributed by atoms with Crippen molar-refractivity contribution in [2.45, 2.75) is 88.5 Å². The van der Waals surface area contributed by atoms with Crippen molar-refractivity contribution in [1.82, 2.24) is 4.72 Å². The molecule has 0 bridgehead atoms. The van der Waals surface area contributed by atoms with Crippen molar-refractivity contribution in [2.24, 2.45) is 11.8 Å². The molecule has 7 nitrogen and oxygen atoms in total. The van der Waals surface area contributed by atoms with Gasteiger partial charge in [0, 0.05) is 18.8 Å². The first-order valence-corrected chi connectivity index (χ1v) is 12.4. The Bertz CT molecular complexity index is 738. The van der Waals surface area contributed by atoms with Crippen molar-refractivity contribution in [3.63, 3.8) is 0 Å². The van der Waals surface area contributed by atoms with E-state index in [0.717, 1.165) is 24.0 Å². The fourth-order valence-corrected chi connectivity index (χ4v) is 4.19. The second-order valence-corrected chi connectivity index (χ2v) is 9.81. The summed E-state index contributed by atoms with van der Waals surface area (Å²) in [4.78, 5) is 11.4. The molecule has 4 N–H and O–H groups in total. The summed E-state index contributed by atoms with van der Waals surface area (Å²) >= 11 is 0. The lowest BCUT2D eigenvalue weighted by atomic mass is 9.89. The minimum Gasteiger partial charge on any atom is -0.393 e. The number of alkyl halides is 3. The Morgan fingerprint density at radius 1 is 1.16 bits per heavy atom. The first-order chi connectivity index (χ1) is 14.9. The number of sulfonamides is 1. The van der Waals surface area contributed by atoms with Crippen LogP contribution >= 0.6 is 0 Å². The Kier molecular flexibility index (Phi) is 11.9. The van der Waals surface area contributed by atoms with Gasteiger partial charge in [0.2, 0.25) is 5.91 Å². The molecule has 1 fully saturated rings. The standard InChI is InChI=1S/C21H34F3NO6S/c1-2-3-6-9-15(26)12-13-17-16(18(27)14-19(17)28)10-7-4-5-8-11-20(29)25-32(30,31)21(22,23)24/h4,7,12-13,15-19,26-28H,2-3,5-6,8-11,14H2,1H3,(H,25,29)/t15?,16-,17-,18+,19-/m1/s1. The minimum atomic E-state index is -5.68. The predicted octanol–water partition coefficient (Wildman–Crippen LogP) is 2.92. The minimum absolute atomic E-state index is 0.152. The SMILES string of the molecule is CCCCCC(O)C=C[C@@H]1[C@@H](CC=CCCCC(=O)NS(=O)(=O)C(F)(F)F)[C@@H](O)C[C@H]1O. The van der Waals surface area contributed by atoms with Crippen LogP contribution in [0.25, 0.3) is 0 Å². The lowest BCUT2D eigenvalue weighted by Gasteiger charge is -2.19. The van der Waals surface area contributed by atoms with Gasteiger partial charge in [-0.1, -0.05) is 50.5 Å². The van der Waals surface area contributed by atoms with Gasteiger partial charge in [-0.25, -0.2) is 4.72 Å². The average Bonchev–Trinajstić information content (AvgIpc) is 2.94. The summed E-state index contributed by atoms with van der Waals surface area (Å²) in [5, 5.41) is 30.5. The summed E-state index contributed by atoms with van der Waals surface area (Å²) in [7, 11) is -5.68. The fourth-order valence-electron chi connectivity index (χ4n) is 3.67. The van der Waals surface area contributed by atoms with E-state index in [0.29, 0.717) is 19.3 Å². The molecule has 0 radical (unpaired) electrons. The number of hydrogen-bond donors (Lipinski definition) is 4. The largest absolute Gasteiger partial charge is 0.516 e. The summed E-state index contributed by atoms with van der Waals surface area (Å²) in [6.07, 6.45) is 9.23. The van der Waals surface area contributed by atoms with Crippen LogP contribution < -0.4 is 4.72 Å². The third kappa shape index (κ3) is 9.60. The molecule has 0 aromatic heterocycles. The summed E-state index contributed by atoms with van der Waals surface area (Å²) in [6.45, 7) is 2.07. The van der Waals surface area contributed by atoms with Crippen molar-refractivity contribution in [1.29, 1.82) is 0 Å². The van der Waals surface area contributed by atoms with Gasteiger partial charge in [0.1, 0.15) is 0 Å². The molecule has 1 aliphatic rings. The van der Waals surface area contributed by atoms with Crippen molar-refractivity contribution in [3.05, 3.63) is 24.3 Å². The van der Waals surface area contributed by atoms with E-state index in [2.05, 4.69) is 6.92 Å². The Labute approximate surface area is 187 Å². The number of carbonyl (C=O) groups is 1. The molecule has 32 heavy (non-hydrogen) atoms. The van der Waals surface area contributed by atoms with E-state index in [4.69, 9.17) is 0 Å². The van der Waals surface area contributed by atoms with Gasteiger partial charge in [-0.15, -0.1) is 0 Å². The van der Waals surface area contributed by atoms with Crippen LogP contribution in [-0.4, -0.2) is 53.5 Å². The van der Waals surface area contributed by atoms with Gasteiger partial charge in [0.25, 0.3) is 0 Å². The van der Waals surface area contributed by atoms with E-state index in [1.54, 1.807) is 24.3 Å². The molecule has 11 heteroatoms. The Hall–Kier alpha value is -1.43. The van der Waals surface area contributed by atoms with Gasteiger partial charge in [-0.2, -0.15) is 21.6 Å². The molecular formula is C21H34F3NO6S. The van der Waals surface area contributed by atoms with Gasteiger partial charge in [0.15, 0.2) is 0 Å². The molecule has 0 aliphatic heterocycles. The predicted molar refractivity (Wildman–Crippen MR) is 114 cm³/mol. The Morgan fingerprint density at radius 2 is 1.84 bits per heavy atom. The number of nitrogens with one attached hydrogen (secondary N) is 1. The Morgan fingerprint density at radius 3 is 2.47 bits per heavy atom. The zero-order valence-corrected chi connectivity index (χ0v) is 19.0. The Balaban J connectivity index is 2.45. The molecule has 186 valence electrons. The molecule has 0 heterocycles. The average molecular weight is 486 g/mol. The highest BCUT2D eigenvalue weighted by Gasteiger charge is 2.46. The van der Waals surface area contributed by atoms with E-state index in [1.165, 1.54) is 0 Å². The van der Waals surface area contributed by atoms with Crippen molar-refractivity contribution >= 4 is 15.9 Å².